The molecule has 6 nitrogen and oxygen atoms in total. The number of benzene rings is 1. The van der Waals surface area contributed by atoms with Gasteiger partial charge in [-0.2, -0.15) is 5.10 Å². The minimum Gasteiger partial charge on any atom is -0.324 e. The largest absolute Gasteiger partial charge is 0.324 e. The van der Waals surface area contributed by atoms with Crippen molar-refractivity contribution in [1.82, 2.24) is 10.4 Å². The second-order valence-electron chi connectivity index (χ2n) is 5.07. The lowest BCUT2D eigenvalue weighted by molar-refractivity contribution is -0.115. The van der Waals surface area contributed by atoms with Crippen LogP contribution in [-0.4, -0.2) is 22.5 Å². The molecular formula is C17H18N4O2. The van der Waals surface area contributed by atoms with Crippen LogP contribution < -0.4 is 10.7 Å². The Kier molecular flexibility index (Phi) is 5.57. The van der Waals surface area contributed by atoms with Gasteiger partial charge in [0.15, 0.2) is 0 Å². The van der Waals surface area contributed by atoms with E-state index in [4.69, 9.17) is 0 Å². The third-order valence-corrected chi connectivity index (χ3v) is 3.10. The fraction of sp³-hybridized carbons (Fsp3) is 0.176. The number of hydrazone groups is 1. The molecular weight excluding hydrogens is 292 g/mol. The summed E-state index contributed by atoms with van der Waals surface area (Å²) in [4.78, 5) is 27.8. The Bertz CT molecular complexity index is 726. The topological polar surface area (TPSA) is 83.4 Å². The minimum atomic E-state index is -0.296. The van der Waals surface area contributed by atoms with E-state index in [0.717, 1.165) is 5.56 Å². The highest BCUT2D eigenvalue weighted by molar-refractivity contribution is 6.06. The van der Waals surface area contributed by atoms with Crippen LogP contribution >= 0.6 is 0 Å². The molecule has 2 N–H and O–H groups in total. The second kappa shape index (κ2) is 7.84. The van der Waals surface area contributed by atoms with Gasteiger partial charge < -0.3 is 5.32 Å². The highest BCUT2D eigenvalue weighted by atomic mass is 16.2. The summed E-state index contributed by atoms with van der Waals surface area (Å²) in [6, 6.07) is 10.7. The average molecular weight is 310 g/mol. The van der Waals surface area contributed by atoms with E-state index in [-0.39, 0.29) is 18.2 Å². The third kappa shape index (κ3) is 5.03. The Morgan fingerprint density at radius 1 is 1.17 bits per heavy atom. The molecule has 0 radical (unpaired) electrons. The van der Waals surface area contributed by atoms with Crippen LogP contribution in [0.3, 0.4) is 0 Å². The zero-order valence-electron chi connectivity index (χ0n) is 13.0. The summed E-state index contributed by atoms with van der Waals surface area (Å²) in [5.74, 6) is -0.514. The first kappa shape index (κ1) is 16.4. The maximum Gasteiger partial charge on any atom is 0.271 e. The first-order chi connectivity index (χ1) is 11.1. The monoisotopic (exact) mass is 310 g/mol. The molecule has 0 spiro atoms. The maximum atomic E-state index is 12.0. The molecule has 118 valence electrons. The Morgan fingerprint density at radius 2 is 1.96 bits per heavy atom. The molecule has 0 aliphatic rings. The van der Waals surface area contributed by atoms with Gasteiger partial charge in [-0.3, -0.25) is 14.6 Å². The number of amides is 2. The summed E-state index contributed by atoms with van der Waals surface area (Å²) in [5, 5.41) is 6.67. The molecule has 0 bridgehead atoms. The van der Waals surface area contributed by atoms with Gasteiger partial charge in [0.2, 0.25) is 5.91 Å². The maximum absolute atomic E-state index is 12.0. The van der Waals surface area contributed by atoms with Crippen LogP contribution in [0.4, 0.5) is 5.69 Å². The van der Waals surface area contributed by atoms with E-state index in [1.165, 1.54) is 0 Å². The summed E-state index contributed by atoms with van der Waals surface area (Å²) < 4.78 is 0. The molecule has 1 aromatic carbocycles. The highest BCUT2D eigenvalue weighted by Crippen LogP contribution is 2.06. The number of nitrogens with one attached hydrogen (secondary N) is 2. The van der Waals surface area contributed by atoms with Gasteiger partial charge in [0.25, 0.3) is 5.91 Å². The van der Waals surface area contributed by atoms with Crippen molar-refractivity contribution < 1.29 is 9.59 Å². The number of aromatic nitrogens is 1. The number of nitrogens with zero attached hydrogens (tertiary/aromatic N) is 2. The first-order valence-corrected chi connectivity index (χ1v) is 7.15. The number of hydrogen-bond donors (Lipinski definition) is 2. The van der Waals surface area contributed by atoms with E-state index in [2.05, 4.69) is 20.8 Å². The van der Waals surface area contributed by atoms with E-state index in [1.807, 2.05) is 19.1 Å². The van der Waals surface area contributed by atoms with E-state index >= 15 is 0 Å². The molecule has 6 heteroatoms. The Balaban J connectivity index is 1.89. The van der Waals surface area contributed by atoms with Gasteiger partial charge in [0.05, 0.1) is 18.3 Å². The van der Waals surface area contributed by atoms with Crippen molar-refractivity contribution in [2.45, 2.75) is 20.3 Å². The molecule has 0 atom stereocenters. The predicted molar refractivity (Wildman–Crippen MR) is 89.2 cm³/mol. The summed E-state index contributed by atoms with van der Waals surface area (Å²) in [6.45, 7) is 3.54. The van der Waals surface area contributed by atoms with Gasteiger partial charge in [-0.15, -0.1) is 0 Å². The zero-order valence-corrected chi connectivity index (χ0v) is 13.0. The Morgan fingerprint density at radius 3 is 2.65 bits per heavy atom. The van der Waals surface area contributed by atoms with E-state index in [9.17, 15) is 9.59 Å². The van der Waals surface area contributed by atoms with Crippen molar-refractivity contribution >= 4 is 23.2 Å². The number of pyridine rings is 1. The fourth-order valence-corrected chi connectivity index (χ4v) is 1.95. The Labute approximate surface area is 134 Å². The quantitative estimate of drug-likeness (QED) is 0.657. The average Bonchev–Trinajstić information content (AvgIpc) is 2.54. The van der Waals surface area contributed by atoms with Gasteiger partial charge >= 0.3 is 0 Å². The molecule has 0 saturated carbocycles. The van der Waals surface area contributed by atoms with E-state index in [1.54, 1.807) is 43.6 Å². The van der Waals surface area contributed by atoms with Crippen LogP contribution in [-0.2, 0) is 4.79 Å². The minimum absolute atomic E-state index is 0.0863. The molecule has 2 rings (SSSR count). The molecule has 2 aromatic rings. The van der Waals surface area contributed by atoms with Crippen molar-refractivity contribution in [3.63, 3.8) is 0 Å². The van der Waals surface area contributed by atoms with Crippen LogP contribution in [0, 0.1) is 6.92 Å². The molecule has 0 aliphatic heterocycles. The highest BCUT2D eigenvalue weighted by Gasteiger charge is 2.08. The van der Waals surface area contributed by atoms with Crippen molar-refractivity contribution in [3.8, 4) is 0 Å². The number of anilines is 1. The number of hydrogen-bond acceptors (Lipinski definition) is 4. The fourth-order valence-electron chi connectivity index (χ4n) is 1.95. The molecule has 0 fully saturated rings. The van der Waals surface area contributed by atoms with E-state index in [0.29, 0.717) is 17.0 Å². The lowest BCUT2D eigenvalue weighted by Gasteiger charge is -2.06. The molecule has 23 heavy (non-hydrogen) atoms. The summed E-state index contributed by atoms with van der Waals surface area (Å²) in [5.41, 5.74) is 5.02. The summed E-state index contributed by atoms with van der Waals surface area (Å²) in [6.07, 6.45) is 3.27. The molecule has 0 aliphatic carbocycles. The van der Waals surface area contributed by atoms with Crippen molar-refractivity contribution in [1.29, 1.82) is 0 Å². The lowest BCUT2D eigenvalue weighted by atomic mass is 10.1. The first-order valence-electron chi connectivity index (χ1n) is 7.15. The van der Waals surface area contributed by atoms with Crippen molar-refractivity contribution in [3.05, 3.63) is 59.9 Å². The third-order valence-electron chi connectivity index (χ3n) is 3.10. The van der Waals surface area contributed by atoms with Gasteiger partial charge in [-0.05, 0) is 37.6 Å². The van der Waals surface area contributed by atoms with Crippen LogP contribution in [0.5, 0.6) is 0 Å². The molecule has 0 unspecified atom stereocenters. The molecule has 2 amide bonds. The van der Waals surface area contributed by atoms with Gasteiger partial charge in [0.1, 0.15) is 0 Å². The van der Waals surface area contributed by atoms with Crippen LogP contribution in [0.1, 0.15) is 29.3 Å². The van der Waals surface area contributed by atoms with Gasteiger partial charge in [-0.1, -0.05) is 18.2 Å². The number of aryl methyl sites for hydroxylation is 1. The molecule has 0 saturated heterocycles. The second-order valence-corrected chi connectivity index (χ2v) is 5.07. The van der Waals surface area contributed by atoms with Crippen molar-refractivity contribution in [2.24, 2.45) is 5.10 Å². The van der Waals surface area contributed by atoms with E-state index < -0.39 is 0 Å². The smallest absolute Gasteiger partial charge is 0.271 e. The molecule has 1 heterocycles. The number of rotatable bonds is 5. The summed E-state index contributed by atoms with van der Waals surface area (Å²) in [7, 11) is 0. The summed E-state index contributed by atoms with van der Waals surface area (Å²) >= 11 is 0. The van der Waals surface area contributed by atoms with Gasteiger partial charge in [-0.25, -0.2) is 5.43 Å². The lowest BCUT2D eigenvalue weighted by Crippen LogP contribution is -2.22. The zero-order chi connectivity index (χ0) is 16.7. The van der Waals surface area contributed by atoms with Crippen LogP contribution in [0.2, 0.25) is 0 Å². The van der Waals surface area contributed by atoms with Crippen LogP contribution in [0.15, 0.2) is 53.9 Å². The standard InChI is InChI=1S/C17H18N4O2/c1-12-6-3-4-8-15(12)17(23)21-20-13(2)10-16(22)19-14-7-5-9-18-11-14/h3-9,11H,10H2,1-2H3,(H,19,22)(H,21,23). The Hall–Kier alpha value is -3.02. The van der Waals surface area contributed by atoms with Crippen molar-refractivity contribution in [2.75, 3.05) is 5.32 Å². The number of carbonyl (C=O) groups excluding carboxylic acids is 2. The number of carbonyl (C=O) groups is 2. The predicted octanol–water partition coefficient (Wildman–Crippen LogP) is 2.52. The molecule has 1 aromatic heterocycles. The normalized spacial score (nSPS) is 11.0. The SMILES string of the molecule is CC(CC(=O)Nc1cccnc1)=NNC(=O)c1ccccc1C. The van der Waals surface area contributed by atoms with Crippen LogP contribution in [0.25, 0.3) is 0 Å². The van der Waals surface area contributed by atoms with Gasteiger partial charge in [0, 0.05) is 17.5 Å².